The fourth-order valence-corrected chi connectivity index (χ4v) is 2.78. The minimum atomic E-state index is 0.436. The van der Waals surface area contributed by atoms with Crippen LogP contribution in [0.2, 0.25) is 0 Å². The van der Waals surface area contributed by atoms with Crippen molar-refractivity contribution in [3.63, 3.8) is 0 Å². The summed E-state index contributed by atoms with van der Waals surface area (Å²) in [5, 5.41) is 3.64. The summed E-state index contributed by atoms with van der Waals surface area (Å²) in [4.78, 5) is 0. The predicted molar refractivity (Wildman–Crippen MR) is 70.9 cm³/mol. The van der Waals surface area contributed by atoms with Crippen LogP contribution >= 0.6 is 0 Å². The molecule has 86 valence electrons. The zero-order valence-corrected chi connectivity index (χ0v) is 10.1. The van der Waals surface area contributed by atoms with Gasteiger partial charge in [-0.1, -0.05) is 61.5 Å². The van der Waals surface area contributed by atoms with Crippen molar-refractivity contribution in [1.82, 2.24) is 5.32 Å². The van der Waals surface area contributed by atoms with E-state index in [-0.39, 0.29) is 0 Å². The molecule has 0 spiro atoms. The van der Waals surface area contributed by atoms with E-state index in [4.69, 9.17) is 0 Å². The van der Waals surface area contributed by atoms with Crippen molar-refractivity contribution in [1.29, 1.82) is 0 Å². The maximum absolute atomic E-state index is 3.64. The number of fused-ring (bicyclic) bond motifs is 1. The van der Waals surface area contributed by atoms with Crippen molar-refractivity contribution in [3.8, 4) is 0 Å². The van der Waals surface area contributed by atoms with Gasteiger partial charge in [0.25, 0.3) is 0 Å². The van der Waals surface area contributed by atoms with Crippen LogP contribution in [-0.4, -0.2) is 0 Å². The van der Waals surface area contributed by atoms with Crippen LogP contribution in [0.5, 0.6) is 0 Å². The molecule has 1 aliphatic rings. The number of nitrogens with one attached hydrogen (secondary N) is 1. The van der Waals surface area contributed by atoms with E-state index in [9.17, 15) is 0 Å². The molecule has 1 aliphatic heterocycles. The monoisotopic (exact) mass is 223 g/mol. The average Bonchev–Trinajstić information content (AvgIpc) is 2.40. The van der Waals surface area contributed by atoms with Gasteiger partial charge in [-0.15, -0.1) is 0 Å². The molecule has 17 heavy (non-hydrogen) atoms. The van der Waals surface area contributed by atoms with Gasteiger partial charge in [0.15, 0.2) is 0 Å². The minimum absolute atomic E-state index is 0.436. The molecule has 3 rings (SSSR count). The molecule has 2 aromatic carbocycles. The summed E-state index contributed by atoms with van der Waals surface area (Å²) in [6, 6.07) is 19.9. The molecule has 0 aliphatic carbocycles. The lowest BCUT2D eigenvalue weighted by molar-refractivity contribution is 0.434. The number of hydrogen-bond donors (Lipinski definition) is 1. The Morgan fingerprint density at radius 3 is 2.47 bits per heavy atom. The van der Waals surface area contributed by atoms with E-state index in [1.54, 1.807) is 0 Å². The zero-order valence-electron chi connectivity index (χ0n) is 10.1. The van der Waals surface area contributed by atoms with E-state index < -0.39 is 0 Å². The van der Waals surface area contributed by atoms with E-state index in [0.29, 0.717) is 12.0 Å². The number of rotatable bonds is 1. The molecule has 0 radical (unpaired) electrons. The fourth-order valence-electron chi connectivity index (χ4n) is 2.78. The first kappa shape index (κ1) is 10.5. The van der Waals surface area contributed by atoms with Crippen LogP contribution in [0.3, 0.4) is 0 Å². The van der Waals surface area contributed by atoms with Crippen LogP contribution in [0.4, 0.5) is 0 Å². The first-order valence-corrected chi connectivity index (χ1v) is 6.22. The first-order valence-electron chi connectivity index (χ1n) is 6.22. The lowest BCUT2D eigenvalue weighted by Crippen LogP contribution is -2.31. The molecule has 1 nitrogen and oxygen atoms in total. The zero-order chi connectivity index (χ0) is 11.7. The summed E-state index contributed by atoms with van der Waals surface area (Å²) in [5.74, 6) is 0.530. The Balaban J connectivity index is 1.97. The molecule has 0 bridgehead atoms. The van der Waals surface area contributed by atoms with Crippen molar-refractivity contribution in [2.75, 3.05) is 0 Å². The summed E-state index contributed by atoms with van der Waals surface area (Å²) < 4.78 is 0. The van der Waals surface area contributed by atoms with Gasteiger partial charge in [-0.3, -0.25) is 0 Å². The van der Waals surface area contributed by atoms with E-state index in [1.165, 1.54) is 16.7 Å². The number of hydrogen-bond acceptors (Lipinski definition) is 1. The third kappa shape index (κ3) is 1.87. The van der Waals surface area contributed by atoms with Crippen LogP contribution in [0, 0.1) is 0 Å². The highest BCUT2D eigenvalue weighted by Crippen LogP contribution is 2.36. The standard InChI is InChI=1S/C16H17N/c1-12-15-10-6-5-9-14(15)11-17-16(12)13-7-3-2-4-8-13/h2-10,12,16-17H,11H2,1H3. The molecule has 1 N–H and O–H groups in total. The van der Waals surface area contributed by atoms with E-state index in [2.05, 4.69) is 66.8 Å². The smallest absolute Gasteiger partial charge is 0.0389 e. The van der Waals surface area contributed by atoms with Crippen molar-refractivity contribution in [3.05, 3.63) is 71.3 Å². The van der Waals surface area contributed by atoms with Crippen molar-refractivity contribution in [2.45, 2.75) is 25.4 Å². The summed E-state index contributed by atoms with van der Waals surface area (Å²) >= 11 is 0. The Morgan fingerprint density at radius 2 is 1.65 bits per heavy atom. The SMILES string of the molecule is CC1c2ccccc2CNC1c1ccccc1. The summed E-state index contributed by atoms with van der Waals surface area (Å²) in [7, 11) is 0. The summed E-state index contributed by atoms with van der Waals surface area (Å²) in [6.07, 6.45) is 0. The van der Waals surface area contributed by atoms with E-state index in [1.807, 2.05) is 0 Å². The molecule has 0 amide bonds. The molecule has 0 fully saturated rings. The highest BCUT2D eigenvalue weighted by Gasteiger charge is 2.26. The minimum Gasteiger partial charge on any atom is -0.305 e. The molecular formula is C16H17N. The van der Waals surface area contributed by atoms with Gasteiger partial charge in [-0.2, -0.15) is 0 Å². The first-order chi connectivity index (χ1) is 8.36. The van der Waals surface area contributed by atoms with Gasteiger partial charge >= 0.3 is 0 Å². The molecule has 1 heterocycles. The third-order valence-electron chi connectivity index (χ3n) is 3.72. The highest BCUT2D eigenvalue weighted by molar-refractivity contribution is 5.36. The molecule has 2 unspecified atom stereocenters. The van der Waals surface area contributed by atoms with Gasteiger partial charge in [0, 0.05) is 18.5 Å². The molecule has 0 saturated carbocycles. The highest BCUT2D eigenvalue weighted by atomic mass is 14.9. The Morgan fingerprint density at radius 1 is 0.941 bits per heavy atom. The maximum Gasteiger partial charge on any atom is 0.0389 e. The van der Waals surface area contributed by atoms with E-state index >= 15 is 0 Å². The van der Waals surface area contributed by atoms with Crippen molar-refractivity contribution >= 4 is 0 Å². The fraction of sp³-hybridized carbons (Fsp3) is 0.250. The maximum atomic E-state index is 3.64. The van der Waals surface area contributed by atoms with Crippen molar-refractivity contribution < 1.29 is 0 Å². The Labute approximate surface area is 102 Å². The molecular weight excluding hydrogens is 206 g/mol. The van der Waals surface area contributed by atoms with Crippen molar-refractivity contribution in [2.24, 2.45) is 0 Å². The predicted octanol–water partition coefficient (Wildman–Crippen LogP) is 3.63. The third-order valence-corrected chi connectivity index (χ3v) is 3.72. The second-order valence-corrected chi connectivity index (χ2v) is 4.76. The largest absolute Gasteiger partial charge is 0.305 e. The van der Waals surface area contributed by atoms with Gasteiger partial charge in [-0.05, 0) is 16.7 Å². The Kier molecular flexibility index (Phi) is 2.69. The lowest BCUT2D eigenvalue weighted by Gasteiger charge is -2.32. The summed E-state index contributed by atoms with van der Waals surface area (Å²) in [6.45, 7) is 3.28. The van der Waals surface area contributed by atoms with Gasteiger partial charge in [0.05, 0.1) is 0 Å². The van der Waals surface area contributed by atoms with Crippen LogP contribution < -0.4 is 5.32 Å². The lowest BCUT2D eigenvalue weighted by atomic mass is 9.83. The normalized spacial score (nSPS) is 23.1. The average molecular weight is 223 g/mol. The number of benzene rings is 2. The topological polar surface area (TPSA) is 12.0 Å². The molecule has 1 heteroatoms. The Hall–Kier alpha value is -1.60. The Bertz CT molecular complexity index is 504. The second-order valence-electron chi connectivity index (χ2n) is 4.76. The van der Waals surface area contributed by atoms with Crippen LogP contribution in [0.25, 0.3) is 0 Å². The van der Waals surface area contributed by atoms with Gasteiger partial charge in [0.2, 0.25) is 0 Å². The summed E-state index contributed by atoms with van der Waals surface area (Å²) in [5.41, 5.74) is 4.31. The quantitative estimate of drug-likeness (QED) is 0.778. The van der Waals surface area contributed by atoms with Crippen LogP contribution in [0.1, 0.15) is 35.6 Å². The van der Waals surface area contributed by atoms with Crippen LogP contribution in [0.15, 0.2) is 54.6 Å². The van der Waals surface area contributed by atoms with Gasteiger partial charge < -0.3 is 5.32 Å². The molecule has 0 aromatic heterocycles. The molecule has 2 aromatic rings. The second kappa shape index (κ2) is 4.34. The van der Waals surface area contributed by atoms with Crippen LogP contribution in [-0.2, 0) is 6.54 Å². The molecule has 0 saturated heterocycles. The van der Waals surface area contributed by atoms with E-state index in [0.717, 1.165) is 6.54 Å². The van der Waals surface area contributed by atoms with Gasteiger partial charge in [0.1, 0.15) is 0 Å². The molecule has 2 atom stereocenters. The van der Waals surface area contributed by atoms with Gasteiger partial charge in [-0.25, -0.2) is 0 Å².